The molecule has 20 heavy (non-hydrogen) atoms. The van der Waals surface area contributed by atoms with Gasteiger partial charge in [-0.2, -0.15) is 0 Å². The Morgan fingerprint density at radius 2 is 1.90 bits per heavy atom. The summed E-state index contributed by atoms with van der Waals surface area (Å²) in [7, 11) is 1.62. The van der Waals surface area contributed by atoms with Crippen LogP contribution in [-0.4, -0.2) is 21.7 Å². The zero-order valence-electron chi connectivity index (χ0n) is 11.0. The SMILES string of the molecule is COc1cccc(OCc2nnc3cccc(N)n23)c1. The fourth-order valence-corrected chi connectivity index (χ4v) is 1.96. The van der Waals surface area contributed by atoms with Gasteiger partial charge in [-0.15, -0.1) is 10.2 Å². The minimum atomic E-state index is 0.280. The number of pyridine rings is 1. The van der Waals surface area contributed by atoms with E-state index in [1.807, 2.05) is 36.4 Å². The number of nitrogens with zero attached hydrogens (tertiary/aromatic N) is 3. The quantitative estimate of drug-likeness (QED) is 0.783. The molecule has 0 unspecified atom stereocenters. The lowest BCUT2D eigenvalue weighted by atomic mass is 10.3. The second-order valence-corrected chi connectivity index (χ2v) is 4.23. The number of nitrogens with two attached hydrogens (primary N) is 1. The smallest absolute Gasteiger partial charge is 0.177 e. The van der Waals surface area contributed by atoms with Crippen molar-refractivity contribution in [1.82, 2.24) is 14.6 Å². The molecule has 2 heterocycles. The molecule has 102 valence electrons. The Kier molecular flexibility index (Phi) is 3.12. The molecule has 0 radical (unpaired) electrons. The summed E-state index contributed by atoms with van der Waals surface area (Å²) in [5, 5.41) is 8.14. The number of aromatic nitrogens is 3. The van der Waals surface area contributed by atoms with Crippen LogP contribution in [0.3, 0.4) is 0 Å². The third-order valence-electron chi connectivity index (χ3n) is 2.93. The van der Waals surface area contributed by atoms with Crippen molar-refractivity contribution in [2.24, 2.45) is 0 Å². The Labute approximate surface area is 115 Å². The second-order valence-electron chi connectivity index (χ2n) is 4.23. The first-order chi connectivity index (χ1) is 9.78. The third kappa shape index (κ3) is 2.23. The lowest BCUT2D eigenvalue weighted by Gasteiger charge is -2.07. The van der Waals surface area contributed by atoms with Gasteiger partial charge in [0.1, 0.15) is 23.9 Å². The van der Waals surface area contributed by atoms with Crippen molar-refractivity contribution in [3.05, 3.63) is 48.3 Å². The van der Waals surface area contributed by atoms with Crippen LogP contribution in [0.5, 0.6) is 11.5 Å². The van der Waals surface area contributed by atoms with Crippen LogP contribution in [0, 0.1) is 0 Å². The molecular weight excluding hydrogens is 256 g/mol. The lowest BCUT2D eigenvalue weighted by Crippen LogP contribution is -2.05. The first-order valence-electron chi connectivity index (χ1n) is 6.13. The molecule has 0 saturated carbocycles. The monoisotopic (exact) mass is 270 g/mol. The van der Waals surface area contributed by atoms with E-state index >= 15 is 0 Å². The topological polar surface area (TPSA) is 74.7 Å². The summed E-state index contributed by atoms with van der Waals surface area (Å²) in [4.78, 5) is 0. The van der Waals surface area contributed by atoms with Crippen molar-refractivity contribution in [2.75, 3.05) is 12.8 Å². The summed E-state index contributed by atoms with van der Waals surface area (Å²) in [6, 6.07) is 12.9. The number of nitrogen functional groups attached to an aromatic ring is 1. The molecular formula is C14H14N4O2. The fraction of sp³-hybridized carbons (Fsp3) is 0.143. The van der Waals surface area contributed by atoms with Crippen molar-refractivity contribution < 1.29 is 9.47 Å². The molecule has 0 spiro atoms. The summed E-state index contributed by atoms with van der Waals surface area (Å²) < 4.78 is 12.6. The van der Waals surface area contributed by atoms with Crippen LogP contribution in [0.25, 0.3) is 5.65 Å². The van der Waals surface area contributed by atoms with Gasteiger partial charge < -0.3 is 15.2 Å². The number of ether oxygens (including phenoxy) is 2. The molecule has 0 aliphatic heterocycles. The van der Waals surface area contributed by atoms with E-state index in [1.165, 1.54) is 0 Å². The number of rotatable bonds is 4. The van der Waals surface area contributed by atoms with Crippen LogP contribution < -0.4 is 15.2 Å². The molecule has 0 aliphatic carbocycles. The van der Waals surface area contributed by atoms with E-state index in [1.54, 1.807) is 17.6 Å². The maximum atomic E-state index is 5.92. The molecule has 0 saturated heterocycles. The zero-order chi connectivity index (χ0) is 13.9. The minimum Gasteiger partial charge on any atom is -0.497 e. The van der Waals surface area contributed by atoms with Crippen molar-refractivity contribution in [3.63, 3.8) is 0 Å². The molecule has 2 N–H and O–H groups in total. The highest BCUT2D eigenvalue weighted by Crippen LogP contribution is 2.20. The maximum Gasteiger partial charge on any atom is 0.177 e. The average Bonchev–Trinajstić information content (AvgIpc) is 2.90. The van der Waals surface area contributed by atoms with Crippen molar-refractivity contribution in [1.29, 1.82) is 0 Å². The maximum absolute atomic E-state index is 5.92. The third-order valence-corrected chi connectivity index (χ3v) is 2.93. The van der Waals surface area contributed by atoms with E-state index in [4.69, 9.17) is 15.2 Å². The lowest BCUT2D eigenvalue weighted by molar-refractivity contribution is 0.292. The first kappa shape index (κ1) is 12.3. The van der Waals surface area contributed by atoms with E-state index in [0.29, 0.717) is 23.0 Å². The van der Waals surface area contributed by atoms with Gasteiger partial charge >= 0.3 is 0 Å². The van der Waals surface area contributed by atoms with Crippen LogP contribution in [0.1, 0.15) is 5.82 Å². The number of benzene rings is 1. The van der Waals surface area contributed by atoms with Gasteiger partial charge in [-0.05, 0) is 24.3 Å². The van der Waals surface area contributed by atoms with Gasteiger partial charge in [-0.25, -0.2) is 0 Å². The Balaban J connectivity index is 1.83. The highest BCUT2D eigenvalue weighted by molar-refractivity contribution is 5.47. The van der Waals surface area contributed by atoms with Crippen molar-refractivity contribution in [2.45, 2.75) is 6.61 Å². The van der Waals surface area contributed by atoms with Gasteiger partial charge in [-0.3, -0.25) is 4.40 Å². The average molecular weight is 270 g/mol. The van der Waals surface area contributed by atoms with Crippen LogP contribution in [0.15, 0.2) is 42.5 Å². The van der Waals surface area contributed by atoms with Crippen LogP contribution >= 0.6 is 0 Å². The molecule has 0 aliphatic rings. The summed E-state index contributed by atoms with van der Waals surface area (Å²) in [6.07, 6.45) is 0. The van der Waals surface area contributed by atoms with E-state index in [-0.39, 0.29) is 6.61 Å². The first-order valence-corrected chi connectivity index (χ1v) is 6.13. The largest absolute Gasteiger partial charge is 0.497 e. The van der Waals surface area contributed by atoms with E-state index < -0.39 is 0 Å². The predicted octanol–water partition coefficient (Wildman–Crippen LogP) is 1.90. The van der Waals surface area contributed by atoms with Gasteiger partial charge in [0.05, 0.1) is 7.11 Å². The van der Waals surface area contributed by atoms with Gasteiger partial charge in [-0.1, -0.05) is 12.1 Å². The molecule has 3 aromatic rings. The van der Waals surface area contributed by atoms with Gasteiger partial charge in [0, 0.05) is 6.07 Å². The number of anilines is 1. The molecule has 6 heteroatoms. The molecule has 3 rings (SSSR count). The minimum absolute atomic E-state index is 0.280. The zero-order valence-corrected chi connectivity index (χ0v) is 11.0. The van der Waals surface area contributed by atoms with Crippen molar-refractivity contribution in [3.8, 4) is 11.5 Å². The van der Waals surface area contributed by atoms with Crippen LogP contribution in [0.4, 0.5) is 5.82 Å². The Morgan fingerprint density at radius 3 is 2.75 bits per heavy atom. The molecule has 0 amide bonds. The molecule has 0 atom stereocenters. The molecule has 6 nitrogen and oxygen atoms in total. The standard InChI is InChI=1S/C14H14N4O2/c1-19-10-4-2-5-11(8-10)20-9-14-17-16-13-7-3-6-12(15)18(13)14/h2-8H,9,15H2,1H3. The number of hydrogen-bond acceptors (Lipinski definition) is 5. The Hall–Kier alpha value is -2.76. The molecule has 1 aromatic carbocycles. The summed E-state index contributed by atoms with van der Waals surface area (Å²) >= 11 is 0. The number of hydrogen-bond donors (Lipinski definition) is 1. The predicted molar refractivity (Wildman–Crippen MR) is 74.7 cm³/mol. The molecule has 0 fully saturated rings. The highest BCUT2D eigenvalue weighted by Gasteiger charge is 2.08. The summed E-state index contributed by atoms with van der Waals surface area (Å²) in [5.74, 6) is 2.68. The van der Waals surface area contributed by atoms with Gasteiger partial charge in [0.15, 0.2) is 11.5 Å². The summed E-state index contributed by atoms with van der Waals surface area (Å²) in [5.41, 5.74) is 6.63. The Bertz CT molecular complexity index is 739. The van der Waals surface area contributed by atoms with Gasteiger partial charge in [0.2, 0.25) is 0 Å². The number of fused-ring (bicyclic) bond motifs is 1. The fourth-order valence-electron chi connectivity index (χ4n) is 1.96. The molecule has 0 bridgehead atoms. The van der Waals surface area contributed by atoms with Crippen LogP contribution in [0.2, 0.25) is 0 Å². The van der Waals surface area contributed by atoms with E-state index in [0.717, 1.165) is 5.75 Å². The molecule has 2 aromatic heterocycles. The Morgan fingerprint density at radius 1 is 1.10 bits per heavy atom. The summed E-state index contributed by atoms with van der Waals surface area (Å²) in [6.45, 7) is 0.280. The van der Waals surface area contributed by atoms with Crippen molar-refractivity contribution >= 4 is 11.5 Å². The van der Waals surface area contributed by atoms with Gasteiger partial charge in [0.25, 0.3) is 0 Å². The highest BCUT2D eigenvalue weighted by atomic mass is 16.5. The van der Waals surface area contributed by atoms with E-state index in [2.05, 4.69) is 10.2 Å². The van der Waals surface area contributed by atoms with E-state index in [9.17, 15) is 0 Å². The second kappa shape index (κ2) is 5.08. The number of methoxy groups -OCH3 is 1. The normalized spacial score (nSPS) is 10.7. The van der Waals surface area contributed by atoms with Crippen LogP contribution in [-0.2, 0) is 6.61 Å².